The maximum atomic E-state index is 5.51. The van der Waals surface area contributed by atoms with Crippen LogP contribution in [0.5, 0.6) is 0 Å². The third kappa shape index (κ3) is 4.09. The van der Waals surface area contributed by atoms with Crippen LogP contribution in [0.3, 0.4) is 0 Å². The van der Waals surface area contributed by atoms with Crippen LogP contribution in [-0.2, 0) is 24.2 Å². The number of thiazole rings is 1. The van der Waals surface area contributed by atoms with Crippen LogP contribution < -0.4 is 10.6 Å². The van der Waals surface area contributed by atoms with Crippen LogP contribution >= 0.6 is 11.3 Å². The highest BCUT2D eigenvalue weighted by Crippen LogP contribution is 2.26. The minimum Gasteiger partial charge on any atom is -0.374 e. The number of nitrogens with zero attached hydrogens (tertiary/aromatic N) is 3. The Bertz CT molecular complexity index is 688. The fraction of sp³-hybridized carbons (Fsp3) is 0.588. The molecule has 0 spiro atoms. The second kappa shape index (κ2) is 8.00. The van der Waals surface area contributed by atoms with Crippen molar-refractivity contribution in [2.75, 3.05) is 25.0 Å². The van der Waals surface area contributed by atoms with Gasteiger partial charge in [0.2, 0.25) is 0 Å². The number of aromatic nitrogens is 3. The maximum Gasteiger partial charge on any atom is 0.156 e. The summed E-state index contributed by atoms with van der Waals surface area (Å²) in [4.78, 5) is 14.1. The smallest absolute Gasteiger partial charge is 0.156 e. The predicted molar refractivity (Wildman–Crippen MR) is 96.5 cm³/mol. The fourth-order valence-electron chi connectivity index (χ4n) is 2.81. The van der Waals surface area contributed by atoms with E-state index < -0.39 is 0 Å². The number of ether oxygens (including phenoxy) is 1. The van der Waals surface area contributed by atoms with E-state index in [1.165, 1.54) is 5.56 Å². The van der Waals surface area contributed by atoms with Crippen molar-refractivity contribution >= 4 is 17.2 Å². The summed E-state index contributed by atoms with van der Waals surface area (Å²) in [7, 11) is 0. The molecule has 0 saturated carbocycles. The van der Waals surface area contributed by atoms with Gasteiger partial charge < -0.3 is 15.4 Å². The molecule has 0 amide bonds. The fourth-order valence-corrected chi connectivity index (χ4v) is 3.62. The van der Waals surface area contributed by atoms with Crippen molar-refractivity contribution in [2.45, 2.75) is 46.3 Å². The third-order valence-corrected chi connectivity index (χ3v) is 5.17. The standard InChI is InChI=1S/C17H25N5OS/c1-4-23-9-15-21-14-6-8-18-7-5-13(14)16(22-15)20-12(3)17-19-11(2)10-24-17/h10,12,18H,4-9H2,1-3H3,(H,20,21,22). The van der Waals surface area contributed by atoms with E-state index in [4.69, 9.17) is 14.7 Å². The molecular weight excluding hydrogens is 322 g/mol. The highest BCUT2D eigenvalue weighted by Gasteiger charge is 2.19. The number of hydrogen-bond donors (Lipinski definition) is 2. The number of hydrogen-bond acceptors (Lipinski definition) is 7. The third-order valence-electron chi connectivity index (χ3n) is 4.03. The summed E-state index contributed by atoms with van der Waals surface area (Å²) >= 11 is 1.68. The van der Waals surface area contributed by atoms with Crippen LogP contribution in [-0.4, -0.2) is 34.6 Å². The minimum atomic E-state index is 0.124. The normalized spacial score (nSPS) is 15.6. The first-order valence-electron chi connectivity index (χ1n) is 8.53. The molecule has 3 rings (SSSR count). The summed E-state index contributed by atoms with van der Waals surface area (Å²) in [5, 5.41) is 10.2. The molecule has 2 aromatic heterocycles. The Kier molecular flexibility index (Phi) is 5.76. The van der Waals surface area contributed by atoms with Gasteiger partial charge in [-0.1, -0.05) is 0 Å². The second-order valence-corrected chi connectivity index (χ2v) is 6.88. The van der Waals surface area contributed by atoms with Crippen molar-refractivity contribution in [3.63, 3.8) is 0 Å². The summed E-state index contributed by atoms with van der Waals surface area (Å²) in [6.45, 7) is 9.17. The SMILES string of the molecule is CCOCc1nc2c(c(NC(C)c3nc(C)cs3)n1)CCNCC2. The lowest BCUT2D eigenvalue weighted by Gasteiger charge is -2.18. The molecule has 24 heavy (non-hydrogen) atoms. The Morgan fingerprint density at radius 3 is 2.88 bits per heavy atom. The zero-order valence-corrected chi connectivity index (χ0v) is 15.4. The lowest BCUT2D eigenvalue weighted by molar-refractivity contribution is 0.128. The average Bonchev–Trinajstić information content (AvgIpc) is 2.87. The molecule has 2 N–H and O–H groups in total. The van der Waals surface area contributed by atoms with Crippen molar-refractivity contribution in [3.8, 4) is 0 Å². The molecule has 7 heteroatoms. The quantitative estimate of drug-likeness (QED) is 0.837. The lowest BCUT2D eigenvalue weighted by atomic mass is 10.1. The van der Waals surface area contributed by atoms with Gasteiger partial charge in [0.1, 0.15) is 17.4 Å². The molecule has 0 radical (unpaired) electrons. The van der Waals surface area contributed by atoms with Crippen LogP contribution in [0.25, 0.3) is 0 Å². The summed E-state index contributed by atoms with van der Waals surface area (Å²) in [5.74, 6) is 1.68. The van der Waals surface area contributed by atoms with E-state index >= 15 is 0 Å². The molecule has 1 unspecified atom stereocenters. The van der Waals surface area contributed by atoms with Gasteiger partial charge in [-0.2, -0.15) is 0 Å². The molecule has 3 heterocycles. The van der Waals surface area contributed by atoms with Gasteiger partial charge in [0.05, 0.1) is 11.7 Å². The van der Waals surface area contributed by atoms with Gasteiger partial charge in [0.25, 0.3) is 0 Å². The van der Waals surface area contributed by atoms with E-state index in [-0.39, 0.29) is 6.04 Å². The Morgan fingerprint density at radius 2 is 2.12 bits per heavy atom. The Labute approximate surface area is 147 Å². The van der Waals surface area contributed by atoms with Crippen molar-refractivity contribution in [3.05, 3.63) is 33.2 Å². The van der Waals surface area contributed by atoms with E-state index in [9.17, 15) is 0 Å². The van der Waals surface area contributed by atoms with Gasteiger partial charge in [-0.15, -0.1) is 11.3 Å². The number of rotatable bonds is 6. The molecule has 1 atom stereocenters. The molecular formula is C17H25N5OS. The number of fused-ring (bicyclic) bond motifs is 1. The molecule has 0 fully saturated rings. The van der Waals surface area contributed by atoms with Gasteiger partial charge in [-0.25, -0.2) is 15.0 Å². The van der Waals surface area contributed by atoms with Crippen molar-refractivity contribution in [1.29, 1.82) is 0 Å². The van der Waals surface area contributed by atoms with E-state index in [1.807, 2.05) is 13.8 Å². The highest BCUT2D eigenvalue weighted by atomic mass is 32.1. The second-order valence-electron chi connectivity index (χ2n) is 5.99. The average molecular weight is 347 g/mol. The van der Waals surface area contributed by atoms with Gasteiger partial charge in [0, 0.05) is 36.2 Å². The summed E-state index contributed by atoms with van der Waals surface area (Å²) in [5.41, 5.74) is 3.42. The van der Waals surface area contributed by atoms with Crippen LogP contribution in [0.4, 0.5) is 5.82 Å². The first-order chi connectivity index (χ1) is 11.7. The van der Waals surface area contributed by atoms with Gasteiger partial charge >= 0.3 is 0 Å². The molecule has 0 saturated heterocycles. The Hall–Kier alpha value is -1.57. The zero-order chi connectivity index (χ0) is 16.9. The molecule has 0 aromatic carbocycles. The van der Waals surface area contributed by atoms with Crippen molar-refractivity contribution < 1.29 is 4.74 Å². The summed E-state index contributed by atoms with van der Waals surface area (Å²) in [6, 6.07) is 0.124. The van der Waals surface area contributed by atoms with Crippen LogP contribution in [0.15, 0.2) is 5.38 Å². The molecule has 130 valence electrons. The van der Waals surface area contributed by atoms with E-state index in [1.54, 1.807) is 11.3 Å². The Balaban J connectivity index is 1.88. The minimum absolute atomic E-state index is 0.124. The maximum absolute atomic E-state index is 5.51. The number of anilines is 1. The van der Waals surface area contributed by atoms with Gasteiger partial charge in [0.15, 0.2) is 5.82 Å². The number of nitrogens with one attached hydrogen (secondary N) is 2. The van der Waals surface area contributed by atoms with Crippen molar-refractivity contribution in [2.24, 2.45) is 0 Å². The van der Waals surface area contributed by atoms with Gasteiger partial charge in [-0.05, 0) is 33.7 Å². The first-order valence-corrected chi connectivity index (χ1v) is 9.41. The molecule has 0 aliphatic carbocycles. The van der Waals surface area contributed by atoms with E-state index in [2.05, 4.69) is 27.9 Å². The summed E-state index contributed by atoms with van der Waals surface area (Å²) < 4.78 is 5.51. The number of aryl methyl sites for hydroxylation is 1. The first kappa shape index (κ1) is 17.3. The topological polar surface area (TPSA) is 72.0 Å². The van der Waals surface area contributed by atoms with Gasteiger partial charge in [-0.3, -0.25) is 0 Å². The predicted octanol–water partition coefficient (Wildman–Crippen LogP) is 2.64. The lowest BCUT2D eigenvalue weighted by Crippen LogP contribution is -2.16. The molecule has 1 aliphatic heterocycles. The molecule has 6 nitrogen and oxygen atoms in total. The van der Waals surface area contributed by atoms with E-state index in [0.29, 0.717) is 13.2 Å². The summed E-state index contributed by atoms with van der Waals surface area (Å²) in [6.07, 6.45) is 1.87. The Morgan fingerprint density at radius 1 is 1.29 bits per heavy atom. The highest BCUT2D eigenvalue weighted by molar-refractivity contribution is 7.09. The van der Waals surface area contributed by atoms with Crippen LogP contribution in [0.2, 0.25) is 0 Å². The van der Waals surface area contributed by atoms with E-state index in [0.717, 1.165) is 54.0 Å². The molecule has 0 bridgehead atoms. The van der Waals surface area contributed by atoms with Crippen molar-refractivity contribution in [1.82, 2.24) is 20.3 Å². The molecule has 1 aliphatic rings. The monoisotopic (exact) mass is 347 g/mol. The molecule has 2 aromatic rings. The van der Waals surface area contributed by atoms with Crippen LogP contribution in [0, 0.1) is 6.92 Å². The van der Waals surface area contributed by atoms with Crippen LogP contribution in [0.1, 0.15) is 47.7 Å². The zero-order valence-electron chi connectivity index (χ0n) is 14.6. The largest absolute Gasteiger partial charge is 0.374 e.